The van der Waals surface area contributed by atoms with E-state index >= 15 is 0 Å². The number of rotatable bonds is 4. The number of carbonyl (C=O) groups is 1. The lowest BCUT2D eigenvalue weighted by Crippen LogP contribution is -2.37. The average Bonchev–Trinajstić information content (AvgIpc) is 2.36. The predicted octanol–water partition coefficient (Wildman–Crippen LogP) is 0.268. The van der Waals surface area contributed by atoms with Crippen LogP contribution in [0, 0.1) is 15.9 Å². The van der Waals surface area contributed by atoms with Gasteiger partial charge in [0.1, 0.15) is 12.1 Å². The predicted molar refractivity (Wildman–Crippen MR) is 58.0 cm³/mol. The molecule has 0 heterocycles. The smallest absolute Gasteiger partial charge is 0.325 e. The van der Waals surface area contributed by atoms with Gasteiger partial charge in [0, 0.05) is 6.07 Å². The molecule has 0 amide bonds. The van der Waals surface area contributed by atoms with Crippen LogP contribution in [0.1, 0.15) is 11.7 Å². The van der Waals surface area contributed by atoms with Gasteiger partial charge in [-0.3, -0.25) is 14.9 Å². The molecular weight excluding hydrogens is 247 g/mol. The van der Waals surface area contributed by atoms with E-state index in [2.05, 4.69) is 4.74 Å². The van der Waals surface area contributed by atoms with Crippen LogP contribution in [0.5, 0.6) is 0 Å². The Morgan fingerprint density at radius 1 is 1.61 bits per heavy atom. The maximum absolute atomic E-state index is 13.1. The molecule has 8 heteroatoms. The van der Waals surface area contributed by atoms with E-state index in [1.54, 1.807) is 0 Å². The molecule has 3 N–H and O–H groups in total. The number of aliphatic hydroxyl groups excluding tert-OH is 1. The zero-order valence-corrected chi connectivity index (χ0v) is 9.37. The van der Waals surface area contributed by atoms with Gasteiger partial charge in [-0.1, -0.05) is 6.07 Å². The standard InChI is InChI=1S/C10H11FN2O5/c1-18-10(15)8(12)9(14)5-2-3-6(11)7(4-5)13(16)17/h2-4,8-9,14H,12H2,1H3/t8-,9-/m1/s1. The highest BCUT2D eigenvalue weighted by atomic mass is 19.1. The fourth-order valence-corrected chi connectivity index (χ4v) is 1.33. The van der Waals surface area contributed by atoms with Gasteiger partial charge in [-0.05, 0) is 11.6 Å². The van der Waals surface area contributed by atoms with E-state index in [0.717, 1.165) is 25.3 Å². The van der Waals surface area contributed by atoms with Crippen LogP contribution < -0.4 is 5.73 Å². The summed E-state index contributed by atoms with van der Waals surface area (Å²) in [5, 5.41) is 20.2. The quantitative estimate of drug-likeness (QED) is 0.455. The summed E-state index contributed by atoms with van der Waals surface area (Å²) in [4.78, 5) is 20.7. The molecule has 1 aromatic carbocycles. The Bertz CT molecular complexity index is 479. The molecule has 0 saturated heterocycles. The third kappa shape index (κ3) is 2.79. The highest BCUT2D eigenvalue weighted by molar-refractivity contribution is 5.76. The van der Waals surface area contributed by atoms with Crippen molar-refractivity contribution in [1.29, 1.82) is 0 Å². The molecule has 7 nitrogen and oxygen atoms in total. The maximum Gasteiger partial charge on any atom is 0.325 e. The molecule has 0 fully saturated rings. The van der Waals surface area contributed by atoms with Crippen molar-refractivity contribution in [3.63, 3.8) is 0 Å². The first kappa shape index (κ1) is 14.0. The first-order chi connectivity index (χ1) is 8.38. The Balaban J connectivity index is 3.07. The molecule has 0 aliphatic heterocycles. The van der Waals surface area contributed by atoms with Gasteiger partial charge >= 0.3 is 11.7 Å². The number of nitro benzene ring substituents is 1. The number of nitro groups is 1. The fourth-order valence-electron chi connectivity index (χ4n) is 1.33. The van der Waals surface area contributed by atoms with Gasteiger partial charge in [0.25, 0.3) is 0 Å². The number of esters is 1. The molecule has 0 spiro atoms. The third-order valence-electron chi connectivity index (χ3n) is 2.32. The van der Waals surface area contributed by atoms with E-state index in [4.69, 9.17) is 5.73 Å². The molecule has 0 bridgehead atoms. The summed E-state index contributed by atoms with van der Waals surface area (Å²) < 4.78 is 17.4. The highest BCUT2D eigenvalue weighted by Gasteiger charge is 2.27. The Morgan fingerprint density at radius 3 is 2.72 bits per heavy atom. The van der Waals surface area contributed by atoms with Crippen LogP contribution in [-0.2, 0) is 9.53 Å². The van der Waals surface area contributed by atoms with Crippen LogP contribution in [0.4, 0.5) is 10.1 Å². The second-order valence-corrected chi connectivity index (χ2v) is 3.46. The highest BCUT2D eigenvalue weighted by Crippen LogP contribution is 2.24. The maximum atomic E-state index is 13.1. The number of hydrogen-bond donors (Lipinski definition) is 2. The first-order valence-electron chi connectivity index (χ1n) is 4.83. The van der Waals surface area contributed by atoms with Crippen molar-refractivity contribution < 1.29 is 24.0 Å². The summed E-state index contributed by atoms with van der Waals surface area (Å²) in [5.41, 5.74) is 4.54. The summed E-state index contributed by atoms with van der Waals surface area (Å²) in [7, 11) is 1.09. The summed E-state index contributed by atoms with van der Waals surface area (Å²) in [6.07, 6.45) is -1.52. The number of nitrogens with zero attached hydrogens (tertiary/aromatic N) is 1. The number of methoxy groups -OCH3 is 1. The number of aliphatic hydroxyl groups is 1. The fraction of sp³-hybridized carbons (Fsp3) is 0.300. The number of hydrogen-bond acceptors (Lipinski definition) is 6. The first-order valence-corrected chi connectivity index (χ1v) is 4.83. The number of halogens is 1. The van der Waals surface area contributed by atoms with Crippen molar-refractivity contribution in [1.82, 2.24) is 0 Å². The lowest BCUT2D eigenvalue weighted by Gasteiger charge is -2.16. The molecule has 0 aliphatic rings. The summed E-state index contributed by atoms with van der Waals surface area (Å²) in [6, 6.07) is 1.35. The average molecular weight is 258 g/mol. The van der Waals surface area contributed by atoms with Crippen molar-refractivity contribution in [2.75, 3.05) is 7.11 Å². The van der Waals surface area contributed by atoms with Crippen LogP contribution in [0.2, 0.25) is 0 Å². The molecule has 0 saturated carbocycles. The molecule has 0 aromatic heterocycles. The van der Waals surface area contributed by atoms with Gasteiger partial charge in [0.2, 0.25) is 5.82 Å². The molecule has 0 radical (unpaired) electrons. The van der Waals surface area contributed by atoms with Gasteiger partial charge in [-0.15, -0.1) is 0 Å². The lowest BCUT2D eigenvalue weighted by molar-refractivity contribution is -0.387. The van der Waals surface area contributed by atoms with Crippen LogP contribution in [-0.4, -0.2) is 29.2 Å². The summed E-state index contributed by atoms with van der Waals surface area (Å²) >= 11 is 0. The van der Waals surface area contributed by atoms with Gasteiger partial charge in [-0.25, -0.2) is 0 Å². The van der Waals surface area contributed by atoms with Gasteiger partial charge < -0.3 is 15.6 Å². The Morgan fingerprint density at radius 2 is 2.22 bits per heavy atom. The Kier molecular flexibility index (Phi) is 4.29. The largest absolute Gasteiger partial charge is 0.468 e. The second kappa shape index (κ2) is 5.52. The van der Waals surface area contributed by atoms with Gasteiger partial charge in [0.05, 0.1) is 12.0 Å². The van der Waals surface area contributed by atoms with Gasteiger partial charge in [-0.2, -0.15) is 4.39 Å². The number of nitrogens with two attached hydrogens (primary N) is 1. The van der Waals surface area contributed by atoms with E-state index in [1.165, 1.54) is 0 Å². The normalized spacial score (nSPS) is 13.8. The van der Waals surface area contributed by atoms with Crippen molar-refractivity contribution in [3.8, 4) is 0 Å². The van der Waals surface area contributed by atoms with E-state index in [-0.39, 0.29) is 5.56 Å². The van der Waals surface area contributed by atoms with Crippen LogP contribution in [0.25, 0.3) is 0 Å². The minimum atomic E-state index is -1.52. The Hall–Kier alpha value is -2.06. The molecule has 0 unspecified atom stereocenters. The Labute approximate surface area is 101 Å². The van der Waals surface area contributed by atoms with Crippen LogP contribution in [0.15, 0.2) is 18.2 Å². The van der Waals surface area contributed by atoms with Crippen LogP contribution in [0.3, 0.4) is 0 Å². The second-order valence-electron chi connectivity index (χ2n) is 3.46. The van der Waals surface area contributed by atoms with Crippen molar-refractivity contribution in [2.45, 2.75) is 12.1 Å². The number of benzene rings is 1. The molecule has 1 rings (SSSR count). The molecular formula is C10H11FN2O5. The zero-order chi connectivity index (χ0) is 13.9. The molecule has 1 aromatic rings. The minimum Gasteiger partial charge on any atom is -0.468 e. The number of ether oxygens (including phenoxy) is 1. The lowest BCUT2D eigenvalue weighted by atomic mass is 10.0. The van der Waals surface area contributed by atoms with E-state index in [9.17, 15) is 24.4 Å². The molecule has 2 atom stereocenters. The monoisotopic (exact) mass is 258 g/mol. The summed E-state index contributed by atoms with van der Waals surface area (Å²) in [6.45, 7) is 0. The van der Waals surface area contributed by atoms with Crippen molar-refractivity contribution >= 4 is 11.7 Å². The van der Waals surface area contributed by atoms with Crippen molar-refractivity contribution in [2.24, 2.45) is 5.73 Å². The number of carbonyl (C=O) groups excluding carboxylic acids is 1. The molecule has 18 heavy (non-hydrogen) atoms. The van der Waals surface area contributed by atoms with E-state index < -0.39 is 34.5 Å². The molecule has 0 aliphatic carbocycles. The third-order valence-corrected chi connectivity index (χ3v) is 2.32. The topological polar surface area (TPSA) is 116 Å². The van der Waals surface area contributed by atoms with E-state index in [1.807, 2.05) is 0 Å². The van der Waals surface area contributed by atoms with Crippen LogP contribution >= 0.6 is 0 Å². The van der Waals surface area contributed by atoms with E-state index in [0.29, 0.717) is 0 Å². The van der Waals surface area contributed by atoms with Crippen molar-refractivity contribution in [3.05, 3.63) is 39.7 Å². The van der Waals surface area contributed by atoms with Gasteiger partial charge in [0.15, 0.2) is 0 Å². The SMILES string of the molecule is COC(=O)[C@H](N)[C@H](O)c1ccc(F)c([N+](=O)[O-])c1. The molecule has 98 valence electrons. The zero-order valence-electron chi connectivity index (χ0n) is 9.37. The minimum absolute atomic E-state index is 0.0407. The summed E-state index contributed by atoms with van der Waals surface area (Å²) in [5.74, 6) is -1.92.